The lowest BCUT2D eigenvalue weighted by molar-refractivity contribution is 0.796. The van der Waals surface area contributed by atoms with E-state index in [4.69, 9.17) is 5.73 Å². The zero-order valence-electron chi connectivity index (χ0n) is 10.3. The number of nitrogens with zero attached hydrogens (tertiary/aromatic N) is 7. The van der Waals surface area contributed by atoms with Crippen LogP contribution in [0.3, 0.4) is 0 Å². The summed E-state index contributed by atoms with van der Waals surface area (Å²) in [4.78, 5) is 20.3. The first-order valence-electron chi connectivity index (χ1n) is 5.79. The molecule has 0 spiro atoms. The van der Waals surface area contributed by atoms with Crippen molar-refractivity contribution in [2.45, 2.75) is 6.42 Å². The topological polar surface area (TPSA) is 120 Å². The molecule has 3 heterocycles. The summed E-state index contributed by atoms with van der Waals surface area (Å²) in [5.41, 5.74) is 8.49. The summed E-state index contributed by atoms with van der Waals surface area (Å²) in [6.45, 7) is 0.657. The number of hydrogen-bond donors (Lipinski definition) is 2. The molecule has 0 aromatic carbocycles. The molecule has 0 radical (unpaired) electrons. The highest BCUT2D eigenvalue weighted by atomic mass is 32.1. The van der Waals surface area contributed by atoms with Crippen LogP contribution in [0.5, 0.6) is 0 Å². The molecule has 10 heteroatoms. The number of nitrogen functional groups attached to an aromatic ring is 1. The molecule has 0 saturated carbocycles. The highest BCUT2D eigenvalue weighted by Crippen LogP contribution is 2.06. The number of nitrogens with one attached hydrogen (secondary N) is 1. The Balaban J connectivity index is 1.70. The van der Waals surface area contributed by atoms with Crippen LogP contribution in [0.4, 0.5) is 11.9 Å². The monoisotopic (exact) mass is 289 g/mol. The van der Waals surface area contributed by atoms with E-state index >= 15 is 0 Å². The maximum atomic E-state index is 5.66. The molecule has 102 valence electrons. The quantitative estimate of drug-likeness (QED) is 0.680. The molecule has 0 saturated heterocycles. The van der Waals surface area contributed by atoms with Gasteiger partial charge in [-0.05, 0) is 0 Å². The Morgan fingerprint density at radius 2 is 2.25 bits per heavy atom. The van der Waals surface area contributed by atoms with Gasteiger partial charge in [-0.2, -0.15) is 24.7 Å². The van der Waals surface area contributed by atoms with Crippen molar-refractivity contribution in [3.05, 3.63) is 29.2 Å². The van der Waals surface area contributed by atoms with Crippen molar-refractivity contribution in [3.8, 4) is 5.95 Å². The van der Waals surface area contributed by atoms with Gasteiger partial charge in [0.1, 0.15) is 12.7 Å². The van der Waals surface area contributed by atoms with Crippen molar-refractivity contribution >= 4 is 23.2 Å². The van der Waals surface area contributed by atoms with E-state index in [-0.39, 0.29) is 5.95 Å². The van der Waals surface area contributed by atoms with Gasteiger partial charge in [0.2, 0.25) is 11.9 Å². The maximum Gasteiger partial charge on any atom is 0.258 e. The molecule has 3 aromatic heterocycles. The first kappa shape index (κ1) is 12.4. The number of rotatable bonds is 5. The molecular formula is C10H11N9S. The minimum Gasteiger partial charge on any atom is -0.368 e. The zero-order valence-corrected chi connectivity index (χ0v) is 11.2. The second-order valence-corrected chi connectivity index (χ2v) is 4.53. The second kappa shape index (κ2) is 5.57. The number of anilines is 2. The number of hydrogen-bond acceptors (Lipinski definition) is 9. The van der Waals surface area contributed by atoms with E-state index in [0.717, 1.165) is 12.1 Å². The van der Waals surface area contributed by atoms with Crippen molar-refractivity contribution in [2.24, 2.45) is 0 Å². The summed E-state index contributed by atoms with van der Waals surface area (Å²) >= 11 is 1.57. The van der Waals surface area contributed by atoms with Gasteiger partial charge in [-0.25, -0.2) is 9.97 Å². The van der Waals surface area contributed by atoms with E-state index in [1.807, 2.05) is 5.38 Å². The average molecular weight is 289 g/mol. The molecule has 3 rings (SSSR count). The van der Waals surface area contributed by atoms with Crippen LogP contribution in [0.2, 0.25) is 0 Å². The Hall–Kier alpha value is -2.62. The van der Waals surface area contributed by atoms with E-state index in [0.29, 0.717) is 18.4 Å². The smallest absolute Gasteiger partial charge is 0.258 e. The third-order valence-electron chi connectivity index (χ3n) is 2.41. The molecule has 0 fully saturated rings. The summed E-state index contributed by atoms with van der Waals surface area (Å²) in [6, 6.07) is 0. The summed E-state index contributed by atoms with van der Waals surface area (Å²) in [7, 11) is 0. The summed E-state index contributed by atoms with van der Waals surface area (Å²) < 4.78 is 1.42. The molecule has 0 aliphatic heterocycles. The molecule has 9 nitrogen and oxygen atoms in total. The highest BCUT2D eigenvalue weighted by molar-refractivity contribution is 7.07. The zero-order chi connectivity index (χ0) is 13.8. The Morgan fingerprint density at radius 1 is 1.30 bits per heavy atom. The van der Waals surface area contributed by atoms with Crippen LogP contribution in [-0.2, 0) is 6.42 Å². The fraction of sp³-hybridized carbons (Fsp3) is 0.200. The largest absolute Gasteiger partial charge is 0.368 e. The minimum atomic E-state index is 0.127. The predicted octanol–water partition coefficient (Wildman–Crippen LogP) is 0.146. The van der Waals surface area contributed by atoms with Crippen LogP contribution in [0, 0.1) is 0 Å². The number of aromatic nitrogens is 7. The fourth-order valence-corrected chi connectivity index (χ4v) is 2.13. The molecule has 0 atom stereocenters. The molecule has 3 N–H and O–H groups in total. The van der Waals surface area contributed by atoms with Crippen molar-refractivity contribution < 1.29 is 0 Å². The third-order valence-corrected chi connectivity index (χ3v) is 3.05. The van der Waals surface area contributed by atoms with Gasteiger partial charge < -0.3 is 11.1 Å². The van der Waals surface area contributed by atoms with Gasteiger partial charge in [0.25, 0.3) is 5.95 Å². The van der Waals surface area contributed by atoms with E-state index in [9.17, 15) is 0 Å². The predicted molar refractivity (Wildman–Crippen MR) is 73.5 cm³/mol. The van der Waals surface area contributed by atoms with Crippen LogP contribution in [0.1, 0.15) is 5.69 Å². The molecule has 0 unspecified atom stereocenters. The Bertz CT molecular complexity index is 664. The molecule has 20 heavy (non-hydrogen) atoms. The van der Waals surface area contributed by atoms with E-state index < -0.39 is 0 Å². The van der Waals surface area contributed by atoms with Gasteiger partial charge in [0.15, 0.2) is 0 Å². The van der Waals surface area contributed by atoms with Gasteiger partial charge in [-0.3, -0.25) is 0 Å². The molecule has 0 bridgehead atoms. The van der Waals surface area contributed by atoms with Crippen LogP contribution < -0.4 is 11.1 Å². The number of thiazole rings is 1. The number of nitrogens with two attached hydrogens (primary N) is 1. The normalized spacial score (nSPS) is 10.6. The Labute approximate surface area is 118 Å². The first-order chi connectivity index (χ1) is 9.81. The Kier molecular flexibility index (Phi) is 3.46. The average Bonchev–Trinajstić information content (AvgIpc) is 3.11. The lowest BCUT2D eigenvalue weighted by atomic mass is 10.3. The molecule has 0 amide bonds. The standard InChI is InChI=1S/C10H11N9S/c11-8-16-9(13-2-1-7-3-20-6-14-7)18-10(17-8)19-5-12-4-15-19/h3-6H,1-2H2,(H3,11,13,16,17,18). The summed E-state index contributed by atoms with van der Waals surface area (Å²) in [5, 5.41) is 9.04. The van der Waals surface area contributed by atoms with Crippen molar-refractivity contribution in [2.75, 3.05) is 17.6 Å². The molecular weight excluding hydrogens is 278 g/mol. The SMILES string of the molecule is Nc1nc(NCCc2cscn2)nc(-n2cncn2)n1. The van der Waals surface area contributed by atoms with Crippen LogP contribution in [0.15, 0.2) is 23.5 Å². The van der Waals surface area contributed by atoms with E-state index in [2.05, 4.69) is 35.3 Å². The highest BCUT2D eigenvalue weighted by Gasteiger charge is 2.06. The first-order valence-corrected chi connectivity index (χ1v) is 6.73. The third kappa shape index (κ3) is 2.85. The Morgan fingerprint density at radius 3 is 3.00 bits per heavy atom. The van der Waals surface area contributed by atoms with Gasteiger partial charge in [0.05, 0.1) is 11.2 Å². The summed E-state index contributed by atoms with van der Waals surface area (Å²) in [6.07, 6.45) is 3.68. The van der Waals surface area contributed by atoms with Crippen molar-refractivity contribution in [1.29, 1.82) is 0 Å². The fourth-order valence-electron chi connectivity index (χ4n) is 1.54. The van der Waals surface area contributed by atoms with Gasteiger partial charge in [-0.1, -0.05) is 0 Å². The van der Waals surface area contributed by atoms with Gasteiger partial charge >= 0.3 is 0 Å². The van der Waals surface area contributed by atoms with Crippen LogP contribution >= 0.6 is 11.3 Å². The van der Waals surface area contributed by atoms with Gasteiger partial charge in [-0.15, -0.1) is 11.3 Å². The van der Waals surface area contributed by atoms with Crippen molar-refractivity contribution in [3.63, 3.8) is 0 Å². The second-order valence-electron chi connectivity index (χ2n) is 3.81. The van der Waals surface area contributed by atoms with Crippen LogP contribution in [0.25, 0.3) is 5.95 Å². The van der Waals surface area contributed by atoms with Crippen LogP contribution in [-0.4, -0.2) is 41.2 Å². The van der Waals surface area contributed by atoms with Gasteiger partial charge in [0, 0.05) is 18.3 Å². The lowest BCUT2D eigenvalue weighted by Crippen LogP contribution is -2.13. The lowest BCUT2D eigenvalue weighted by Gasteiger charge is -2.06. The molecule has 0 aliphatic rings. The summed E-state index contributed by atoms with van der Waals surface area (Å²) in [5.74, 6) is 0.853. The molecule has 0 aliphatic carbocycles. The molecule has 3 aromatic rings. The van der Waals surface area contributed by atoms with E-state index in [1.165, 1.54) is 17.3 Å². The minimum absolute atomic E-state index is 0.127. The van der Waals surface area contributed by atoms with Crippen molar-refractivity contribution in [1.82, 2.24) is 34.7 Å². The maximum absolute atomic E-state index is 5.66. The van der Waals surface area contributed by atoms with E-state index in [1.54, 1.807) is 16.8 Å².